The van der Waals surface area contributed by atoms with Gasteiger partial charge in [-0.15, -0.1) is 0 Å². The molecule has 100 valence electrons. The molecule has 0 amide bonds. The van der Waals surface area contributed by atoms with Crippen molar-refractivity contribution < 1.29 is 8.78 Å². The first-order valence-electron chi connectivity index (χ1n) is 5.94. The number of halogens is 2. The van der Waals surface area contributed by atoms with Gasteiger partial charge in [0.05, 0.1) is 11.4 Å². The topological polar surface area (TPSA) is 42.2 Å². The monoisotopic (exact) mass is 263 g/mol. The lowest BCUT2D eigenvalue weighted by Gasteiger charge is -2.21. The van der Waals surface area contributed by atoms with Gasteiger partial charge in [0, 0.05) is 31.9 Å². The van der Waals surface area contributed by atoms with E-state index in [2.05, 4.69) is 4.98 Å². The van der Waals surface area contributed by atoms with Gasteiger partial charge >= 0.3 is 0 Å². The van der Waals surface area contributed by atoms with Crippen molar-refractivity contribution in [3.8, 4) is 0 Å². The molecule has 3 nitrogen and oxygen atoms in total. The Balaban J connectivity index is 2.12. The average Bonchev–Trinajstić information content (AvgIpc) is 2.42. The van der Waals surface area contributed by atoms with Gasteiger partial charge in [-0.3, -0.25) is 4.98 Å². The number of nitrogen functional groups attached to an aromatic ring is 1. The number of anilines is 2. The van der Waals surface area contributed by atoms with E-state index in [-0.39, 0.29) is 11.4 Å². The largest absolute Gasteiger partial charge is 0.397 e. The smallest absolute Gasteiger partial charge is 0.184 e. The SMILES string of the molecule is CN(CCc1ccccn1)c1c(N)ccc(F)c1F. The van der Waals surface area contributed by atoms with E-state index < -0.39 is 11.6 Å². The maximum absolute atomic E-state index is 13.7. The minimum atomic E-state index is -0.913. The molecular weight excluding hydrogens is 248 g/mol. The summed E-state index contributed by atoms with van der Waals surface area (Å²) >= 11 is 0. The molecule has 19 heavy (non-hydrogen) atoms. The van der Waals surface area contributed by atoms with E-state index in [1.54, 1.807) is 18.1 Å². The van der Waals surface area contributed by atoms with Crippen molar-refractivity contribution in [2.45, 2.75) is 6.42 Å². The predicted octanol–water partition coefficient (Wildman–Crippen LogP) is 2.62. The van der Waals surface area contributed by atoms with E-state index in [4.69, 9.17) is 5.73 Å². The third-order valence-electron chi connectivity index (χ3n) is 2.91. The van der Waals surface area contributed by atoms with Crippen LogP contribution in [0.4, 0.5) is 20.2 Å². The Hall–Kier alpha value is -2.17. The fourth-order valence-corrected chi connectivity index (χ4v) is 1.88. The lowest BCUT2D eigenvalue weighted by atomic mass is 10.2. The van der Waals surface area contributed by atoms with Gasteiger partial charge in [0.15, 0.2) is 11.6 Å². The Morgan fingerprint density at radius 3 is 2.68 bits per heavy atom. The molecular formula is C14H15F2N3. The van der Waals surface area contributed by atoms with E-state index in [9.17, 15) is 8.78 Å². The van der Waals surface area contributed by atoms with Crippen LogP contribution < -0.4 is 10.6 Å². The minimum absolute atomic E-state index is 0.0935. The van der Waals surface area contributed by atoms with Crippen LogP contribution in [0.5, 0.6) is 0 Å². The summed E-state index contributed by atoms with van der Waals surface area (Å²) in [5.41, 5.74) is 6.91. The molecule has 0 saturated heterocycles. The Kier molecular flexibility index (Phi) is 3.94. The fraction of sp³-hybridized carbons (Fsp3) is 0.214. The molecule has 5 heteroatoms. The summed E-state index contributed by atoms with van der Waals surface area (Å²) in [5.74, 6) is -1.81. The van der Waals surface area contributed by atoms with Gasteiger partial charge in [-0.25, -0.2) is 8.78 Å². The van der Waals surface area contributed by atoms with Crippen molar-refractivity contribution >= 4 is 11.4 Å². The van der Waals surface area contributed by atoms with Crippen molar-refractivity contribution in [1.82, 2.24) is 4.98 Å². The summed E-state index contributed by atoms with van der Waals surface area (Å²) in [5, 5.41) is 0. The molecule has 0 aliphatic rings. The van der Waals surface area contributed by atoms with E-state index >= 15 is 0 Å². The molecule has 0 fully saturated rings. The first kappa shape index (κ1) is 13.3. The van der Waals surface area contributed by atoms with Crippen LogP contribution in [0.3, 0.4) is 0 Å². The Morgan fingerprint density at radius 2 is 2.00 bits per heavy atom. The van der Waals surface area contributed by atoms with Crippen LogP contribution in [0.25, 0.3) is 0 Å². The van der Waals surface area contributed by atoms with Crippen LogP contribution >= 0.6 is 0 Å². The molecule has 1 aromatic heterocycles. The number of aromatic nitrogens is 1. The molecule has 0 aliphatic carbocycles. The molecule has 2 aromatic rings. The second-order valence-electron chi connectivity index (χ2n) is 4.29. The number of hydrogen-bond donors (Lipinski definition) is 1. The molecule has 0 bridgehead atoms. The van der Waals surface area contributed by atoms with Gasteiger partial charge in [0.1, 0.15) is 0 Å². The van der Waals surface area contributed by atoms with Crippen molar-refractivity contribution in [3.63, 3.8) is 0 Å². The summed E-state index contributed by atoms with van der Waals surface area (Å²) in [7, 11) is 1.68. The number of nitrogens with two attached hydrogens (primary N) is 1. The number of hydrogen-bond acceptors (Lipinski definition) is 3. The van der Waals surface area contributed by atoms with Crippen molar-refractivity contribution in [2.75, 3.05) is 24.2 Å². The molecule has 1 heterocycles. The van der Waals surface area contributed by atoms with Gasteiger partial charge in [-0.1, -0.05) is 6.07 Å². The Labute approximate surface area is 110 Å². The Bertz CT molecular complexity index is 558. The second kappa shape index (κ2) is 5.65. The van der Waals surface area contributed by atoms with Crippen molar-refractivity contribution in [2.24, 2.45) is 0 Å². The zero-order valence-electron chi connectivity index (χ0n) is 10.6. The molecule has 2 rings (SSSR count). The molecule has 0 unspecified atom stereocenters. The highest BCUT2D eigenvalue weighted by Crippen LogP contribution is 2.27. The van der Waals surface area contributed by atoms with E-state index in [1.807, 2.05) is 18.2 Å². The molecule has 0 spiro atoms. The van der Waals surface area contributed by atoms with E-state index in [1.165, 1.54) is 6.07 Å². The van der Waals surface area contributed by atoms with Gasteiger partial charge in [-0.2, -0.15) is 0 Å². The molecule has 0 radical (unpaired) electrons. The van der Waals surface area contributed by atoms with Gasteiger partial charge in [0.25, 0.3) is 0 Å². The van der Waals surface area contributed by atoms with Crippen molar-refractivity contribution in [1.29, 1.82) is 0 Å². The molecule has 0 saturated carbocycles. The maximum atomic E-state index is 13.7. The summed E-state index contributed by atoms with van der Waals surface area (Å²) in [6.45, 7) is 0.502. The van der Waals surface area contributed by atoms with Crippen LogP contribution in [0.1, 0.15) is 5.69 Å². The summed E-state index contributed by atoms with van der Waals surface area (Å²) in [6.07, 6.45) is 2.33. The predicted molar refractivity (Wildman–Crippen MR) is 72.0 cm³/mol. The molecule has 0 aliphatic heterocycles. The lowest BCUT2D eigenvalue weighted by Crippen LogP contribution is -2.23. The minimum Gasteiger partial charge on any atom is -0.397 e. The summed E-state index contributed by atoms with van der Waals surface area (Å²) < 4.78 is 26.9. The van der Waals surface area contributed by atoms with Gasteiger partial charge < -0.3 is 10.6 Å². The lowest BCUT2D eigenvalue weighted by molar-refractivity contribution is 0.508. The molecule has 1 aromatic carbocycles. The maximum Gasteiger partial charge on any atom is 0.184 e. The van der Waals surface area contributed by atoms with E-state index in [0.717, 1.165) is 11.8 Å². The fourth-order valence-electron chi connectivity index (χ4n) is 1.88. The summed E-state index contributed by atoms with van der Waals surface area (Å²) in [4.78, 5) is 5.78. The number of benzene rings is 1. The van der Waals surface area contributed by atoms with Gasteiger partial charge in [-0.05, 0) is 24.3 Å². The molecule has 2 N–H and O–H groups in total. The van der Waals surface area contributed by atoms with Crippen LogP contribution in [0, 0.1) is 11.6 Å². The van der Waals surface area contributed by atoms with Crippen LogP contribution in [-0.2, 0) is 6.42 Å². The highest BCUT2D eigenvalue weighted by atomic mass is 19.2. The van der Waals surface area contributed by atoms with Crippen LogP contribution in [0.2, 0.25) is 0 Å². The quantitative estimate of drug-likeness (QED) is 0.862. The first-order chi connectivity index (χ1) is 9.09. The number of nitrogens with zero attached hydrogens (tertiary/aromatic N) is 2. The van der Waals surface area contributed by atoms with Crippen molar-refractivity contribution in [3.05, 3.63) is 53.9 Å². The second-order valence-corrected chi connectivity index (χ2v) is 4.29. The van der Waals surface area contributed by atoms with Gasteiger partial charge in [0.2, 0.25) is 0 Å². The third-order valence-corrected chi connectivity index (χ3v) is 2.91. The highest BCUT2D eigenvalue weighted by Gasteiger charge is 2.15. The number of likely N-dealkylation sites (N-methyl/N-ethyl adjacent to an activating group) is 1. The molecule has 0 atom stereocenters. The zero-order valence-corrected chi connectivity index (χ0v) is 10.6. The average molecular weight is 263 g/mol. The van der Waals surface area contributed by atoms with E-state index in [0.29, 0.717) is 13.0 Å². The summed E-state index contributed by atoms with van der Waals surface area (Å²) in [6, 6.07) is 8.00. The zero-order chi connectivity index (χ0) is 13.8. The number of rotatable bonds is 4. The van der Waals surface area contributed by atoms with Crippen LogP contribution in [0.15, 0.2) is 36.5 Å². The normalized spacial score (nSPS) is 10.5. The first-order valence-corrected chi connectivity index (χ1v) is 5.94. The highest BCUT2D eigenvalue weighted by molar-refractivity contribution is 5.68. The number of pyridine rings is 1. The van der Waals surface area contributed by atoms with Crippen LogP contribution in [-0.4, -0.2) is 18.6 Å². The standard InChI is InChI=1S/C14H15F2N3/c1-19(9-7-10-4-2-3-8-18-10)14-12(17)6-5-11(15)13(14)16/h2-6,8H,7,9,17H2,1H3. The third kappa shape index (κ3) is 2.99. The Morgan fingerprint density at radius 1 is 1.21 bits per heavy atom.